The quantitative estimate of drug-likeness (QED) is 0.813. The van der Waals surface area contributed by atoms with Crippen LogP contribution in [0.2, 0.25) is 0 Å². The van der Waals surface area contributed by atoms with Crippen molar-refractivity contribution in [1.82, 2.24) is 10.2 Å². The van der Waals surface area contributed by atoms with Crippen LogP contribution in [0.1, 0.15) is 30.1 Å². The number of amides is 1. The predicted molar refractivity (Wildman–Crippen MR) is 73.4 cm³/mol. The van der Waals surface area contributed by atoms with Gasteiger partial charge >= 0.3 is 0 Å². The van der Waals surface area contributed by atoms with Crippen LogP contribution in [0.5, 0.6) is 0 Å². The maximum absolute atomic E-state index is 13.6. The monoisotopic (exact) mass is 265 g/mol. The first-order valence-corrected chi connectivity index (χ1v) is 6.65. The zero-order valence-electron chi connectivity index (χ0n) is 11.2. The maximum atomic E-state index is 13.6. The number of halogens is 1. The van der Waals surface area contributed by atoms with Crippen molar-refractivity contribution in [2.45, 2.75) is 25.8 Å². The molecule has 5 heteroatoms. The third kappa shape index (κ3) is 3.44. The van der Waals surface area contributed by atoms with Crippen LogP contribution < -0.4 is 11.1 Å². The lowest BCUT2D eigenvalue weighted by molar-refractivity contribution is 0.0936. The predicted octanol–water partition coefficient (Wildman–Crippen LogP) is 1.62. The van der Waals surface area contributed by atoms with Crippen molar-refractivity contribution in [1.29, 1.82) is 0 Å². The molecule has 0 bridgehead atoms. The molecular formula is C14H20FN3O. The van der Waals surface area contributed by atoms with Crippen molar-refractivity contribution in [2.75, 3.05) is 25.4 Å². The molecule has 1 aliphatic rings. The highest BCUT2D eigenvalue weighted by atomic mass is 19.1. The lowest BCUT2D eigenvalue weighted by Crippen LogP contribution is -2.40. The number of nitrogen functional groups attached to an aromatic ring is 1. The Labute approximate surface area is 112 Å². The van der Waals surface area contributed by atoms with Crippen molar-refractivity contribution in [2.24, 2.45) is 0 Å². The van der Waals surface area contributed by atoms with E-state index in [9.17, 15) is 9.18 Å². The summed E-state index contributed by atoms with van der Waals surface area (Å²) in [5.74, 6) is -0.963. The molecule has 104 valence electrons. The lowest BCUT2D eigenvalue weighted by Gasteiger charge is -2.23. The number of carbonyl (C=O) groups excluding carboxylic acids is 1. The highest BCUT2D eigenvalue weighted by Gasteiger charge is 2.19. The fraction of sp³-hybridized carbons (Fsp3) is 0.500. The zero-order chi connectivity index (χ0) is 13.8. The summed E-state index contributed by atoms with van der Waals surface area (Å²) >= 11 is 0. The average Bonchev–Trinajstić information content (AvgIpc) is 2.89. The fourth-order valence-electron chi connectivity index (χ4n) is 2.36. The van der Waals surface area contributed by atoms with Crippen LogP contribution in [-0.2, 0) is 0 Å². The van der Waals surface area contributed by atoms with E-state index in [1.54, 1.807) is 0 Å². The molecule has 19 heavy (non-hydrogen) atoms. The first-order chi connectivity index (χ1) is 9.08. The molecule has 0 radical (unpaired) electrons. The smallest absolute Gasteiger partial charge is 0.254 e. The number of nitrogens with zero attached hydrogens (tertiary/aromatic N) is 1. The number of nitrogens with one attached hydrogen (secondary N) is 1. The third-order valence-corrected chi connectivity index (χ3v) is 3.56. The molecule has 1 atom stereocenters. The van der Waals surface area contributed by atoms with E-state index in [-0.39, 0.29) is 17.5 Å². The Bertz CT molecular complexity index is 458. The minimum Gasteiger partial charge on any atom is -0.399 e. The van der Waals surface area contributed by atoms with Crippen molar-refractivity contribution in [3.05, 3.63) is 29.6 Å². The Morgan fingerprint density at radius 1 is 1.47 bits per heavy atom. The summed E-state index contributed by atoms with van der Waals surface area (Å²) in [7, 11) is 0. The van der Waals surface area contributed by atoms with Gasteiger partial charge in [-0.2, -0.15) is 0 Å². The maximum Gasteiger partial charge on any atom is 0.254 e. The molecule has 1 amide bonds. The molecule has 0 spiro atoms. The summed E-state index contributed by atoms with van der Waals surface area (Å²) in [6.07, 6.45) is 2.43. The van der Waals surface area contributed by atoms with E-state index in [1.807, 2.05) is 0 Å². The van der Waals surface area contributed by atoms with Gasteiger partial charge in [-0.1, -0.05) is 0 Å². The van der Waals surface area contributed by atoms with E-state index >= 15 is 0 Å². The number of carbonyl (C=O) groups is 1. The van der Waals surface area contributed by atoms with Gasteiger partial charge in [-0.25, -0.2) is 4.39 Å². The van der Waals surface area contributed by atoms with E-state index in [2.05, 4.69) is 17.1 Å². The standard InChI is InChI=1S/C14H20FN3O/c1-10(18-6-2-3-7-18)9-17-14(19)12-5-4-11(16)8-13(12)15/h4-5,8,10H,2-3,6-7,9,16H2,1H3,(H,17,19). The number of likely N-dealkylation sites (tertiary alicyclic amines) is 1. The molecule has 1 aliphatic heterocycles. The first kappa shape index (κ1) is 13.8. The fourth-order valence-corrected chi connectivity index (χ4v) is 2.36. The van der Waals surface area contributed by atoms with Crippen LogP contribution in [0.3, 0.4) is 0 Å². The van der Waals surface area contributed by atoms with Crippen molar-refractivity contribution in [3.63, 3.8) is 0 Å². The molecule has 1 heterocycles. The molecule has 4 nitrogen and oxygen atoms in total. The number of anilines is 1. The van der Waals surface area contributed by atoms with Gasteiger partial charge in [-0.05, 0) is 51.1 Å². The number of rotatable bonds is 4. The van der Waals surface area contributed by atoms with Crippen molar-refractivity contribution < 1.29 is 9.18 Å². The van der Waals surface area contributed by atoms with Crippen LogP contribution in [0.15, 0.2) is 18.2 Å². The SMILES string of the molecule is CC(CNC(=O)c1ccc(N)cc1F)N1CCCC1. The second-order valence-electron chi connectivity index (χ2n) is 5.04. The summed E-state index contributed by atoms with van der Waals surface area (Å²) in [5, 5.41) is 2.77. The Hall–Kier alpha value is -1.62. The average molecular weight is 265 g/mol. The minimum atomic E-state index is -0.577. The Balaban J connectivity index is 1.90. The topological polar surface area (TPSA) is 58.4 Å². The van der Waals surface area contributed by atoms with Crippen molar-refractivity contribution >= 4 is 11.6 Å². The van der Waals surface area contributed by atoms with Crippen LogP contribution in [0, 0.1) is 5.82 Å². The van der Waals surface area contributed by atoms with Gasteiger partial charge in [0.05, 0.1) is 5.56 Å². The van der Waals surface area contributed by atoms with Gasteiger partial charge in [0, 0.05) is 18.3 Å². The van der Waals surface area contributed by atoms with Gasteiger partial charge in [0.1, 0.15) is 5.82 Å². The number of hydrogen-bond donors (Lipinski definition) is 2. The van der Waals surface area contributed by atoms with Gasteiger partial charge < -0.3 is 11.1 Å². The second-order valence-corrected chi connectivity index (χ2v) is 5.04. The molecule has 3 N–H and O–H groups in total. The third-order valence-electron chi connectivity index (χ3n) is 3.56. The zero-order valence-corrected chi connectivity index (χ0v) is 11.2. The molecule has 0 saturated carbocycles. The molecular weight excluding hydrogens is 245 g/mol. The summed E-state index contributed by atoms with van der Waals surface area (Å²) in [5.41, 5.74) is 5.82. The number of nitrogens with two attached hydrogens (primary N) is 1. The van der Waals surface area contributed by atoms with Gasteiger partial charge in [-0.15, -0.1) is 0 Å². The van der Waals surface area contributed by atoms with Crippen molar-refractivity contribution in [3.8, 4) is 0 Å². The van der Waals surface area contributed by atoms with E-state index in [4.69, 9.17) is 5.73 Å². The molecule has 0 aliphatic carbocycles. The Morgan fingerprint density at radius 3 is 2.79 bits per heavy atom. The van der Waals surface area contributed by atoms with E-state index in [1.165, 1.54) is 31.0 Å². The lowest BCUT2D eigenvalue weighted by atomic mass is 10.1. The van der Waals surface area contributed by atoms with Gasteiger partial charge in [0.25, 0.3) is 5.91 Å². The molecule has 1 aromatic carbocycles. The molecule has 1 saturated heterocycles. The Morgan fingerprint density at radius 2 is 2.16 bits per heavy atom. The van der Waals surface area contributed by atoms with E-state index < -0.39 is 5.82 Å². The summed E-state index contributed by atoms with van der Waals surface area (Å²) in [6, 6.07) is 4.39. The number of hydrogen-bond acceptors (Lipinski definition) is 3. The molecule has 1 unspecified atom stereocenters. The first-order valence-electron chi connectivity index (χ1n) is 6.65. The summed E-state index contributed by atoms with van der Waals surface area (Å²) < 4.78 is 13.6. The van der Waals surface area contributed by atoms with Gasteiger partial charge in [0.2, 0.25) is 0 Å². The molecule has 1 aromatic rings. The molecule has 2 rings (SSSR count). The summed E-state index contributed by atoms with van der Waals surface area (Å²) in [6.45, 7) is 4.76. The van der Waals surface area contributed by atoms with Crippen LogP contribution in [-0.4, -0.2) is 36.5 Å². The van der Waals surface area contributed by atoms with E-state index in [0.717, 1.165) is 13.1 Å². The second kappa shape index (κ2) is 6.02. The van der Waals surface area contributed by atoms with E-state index in [0.29, 0.717) is 12.2 Å². The normalized spacial score (nSPS) is 17.4. The molecule has 0 aromatic heterocycles. The van der Waals surface area contributed by atoms with Crippen LogP contribution in [0.4, 0.5) is 10.1 Å². The number of benzene rings is 1. The van der Waals surface area contributed by atoms with Crippen LogP contribution >= 0.6 is 0 Å². The minimum absolute atomic E-state index is 0.0443. The summed E-state index contributed by atoms with van der Waals surface area (Å²) in [4.78, 5) is 14.2. The highest BCUT2D eigenvalue weighted by Crippen LogP contribution is 2.13. The highest BCUT2D eigenvalue weighted by molar-refractivity contribution is 5.94. The van der Waals surface area contributed by atoms with Gasteiger partial charge in [-0.3, -0.25) is 9.69 Å². The molecule has 1 fully saturated rings. The largest absolute Gasteiger partial charge is 0.399 e. The van der Waals surface area contributed by atoms with Crippen LogP contribution in [0.25, 0.3) is 0 Å². The Kier molecular flexibility index (Phi) is 4.37. The van der Waals surface area contributed by atoms with Gasteiger partial charge in [0.15, 0.2) is 0 Å².